The number of carbonyl (C=O) groups excluding carboxylic acids is 1. The van der Waals surface area contributed by atoms with Crippen LogP contribution in [-0.2, 0) is 17.9 Å². The first-order valence-corrected chi connectivity index (χ1v) is 10.6. The number of aromatic nitrogens is 2. The molecule has 0 aliphatic rings. The maximum atomic E-state index is 13.1. The van der Waals surface area contributed by atoms with Gasteiger partial charge in [0.1, 0.15) is 11.6 Å². The standard InChI is InChI=1S/C23H20FN3O3S/c1-26(13-16-8-10-17(24)11-9-16)21(28)15-31-23-25-20-7-3-2-6-19(20)22(29)27(23)14-18-5-4-12-30-18/h2-12H,13-15H2,1H3. The van der Waals surface area contributed by atoms with Crippen molar-refractivity contribution in [1.82, 2.24) is 14.5 Å². The quantitative estimate of drug-likeness (QED) is 0.324. The first-order chi connectivity index (χ1) is 15.0. The second-order valence-corrected chi connectivity index (χ2v) is 7.99. The monoisotopic (exact) mass is 437 g/mol. The Bertz CT molecular complexity index is 1250. The highest BCUT2D eigenvalue weighted by Gasteiger charge is 2.16. The van der Waals surface area contributed by atoms with Gasteiger partial charge in [-0.3, -0.25) is 14.2 Å². The average molecular weight is 437 g/mol. The summed E-state index contributed by atoms with van der Waals surface area (Å²) in [5.41, 5.74) is 1.23. The van der Waals surface area contributed by atoms with Crippen LogP contribution >= 0.6 is 11.8 Å². The Balaban J connectivity index is 1.54. The molecule has 0 aliphatic carbocycles. The van der Waals surface area contributed by atoms with Crippen molar-refractivity contribution >= 4 is 28.6 Å². The molecule has 2 heterocycles. The van der Waals surface area contributed by atoms with E-state index in [1.54, 1.807) is 60.7 Å². The number of carbonyl (C=O) groups is 1. The summed E-state index contributed by atoms with van der Waals surface area (Å²) in [5, 5.41) is 0.960. The van der Waals surface area contributed by atoms with Crippen LogP contribution in [0.15, 0.2) is 81.3 Å². The summed E-state index contributed by atoms with van der Waals surface area (Å²) in [6, 6.07) is 16.7. The highest BCUT2D eigenvalue weighted by Crippen LogP contribution is 2.20. The maximum absolute atomic E-state index is 13.1. The van der Waals surface area contributed by atoms with E-state index in [0.717, 1.165) is 5.56 Å². The van der Waals surface area contributed by atoms with Crippen LogP contribution in [-0.4, -0.2) is 33.2 Å². The van der Waals surface area contributed by atoms with Gasteiger partial charge >= 0.3 is 0 Å². The Kier molecular flexibility index (Phi) is 6.18. The van der Waals surface area contributed by atoms with E-state index in [1.165, 1.54) is 28.5 Å². The van der Waals surface area contributed by atoms with Crippen LogP contribution < -0.4 is 5.56 Å². The van der Waals surface area contributed by atoms with E-state index in [-0.39, 0.29) is 29.6 Å². The molecule has 158 valence electrons. The smallest absolute Gasteiger partial charge is 0.262 e. The number of benzene rings is 2. The summed E-state index contributed by atoms with van der Waals surface area (Å²) in [4.78, 5) is 31.9. The van der Waals surface area contributed by atoms with Gasteiger partial charge in [-0.1, -0.05) is 36.0 Å². The Hall–Kier alpha value is -3.39. The number of halogens is 1. The van der Waals surface area contributed by atoms with Crippen molar-refractivity contribution in [1.29, 1.82) is 0 Å². The summed E-state index contributed by atoms with van der Waals surface area (Å²) in [7, 11) is 1.69. The van der Waals surface area contributed by atoms with Gasteiger partial charge in [0.2, 0.25) is 5.91 Å². The fourth-order valence-corrected chi connectivity index (χ4v) is 4.08. The third-order valence-corrected chi connectivity index (χ3v) is 5.77. The van der Waals surface area contributed by atoms with E-state index in [0.29, 0.717) is 28.4 Å². The van der Waals surface area contributed by atoms with E-state index in [9.17, 15) is 14.0 Å². The molecule has 0 fully saturated rings. The molecule has 31 heavy (non-hydrogen) atoms. The molecule has 0 saturated carbocycles. The summed E-state index contributed by atoms with van der Waals surface area (Å²) in [6.45, 7) is 0.593. The SMILES string of the molecule is CN(Cc1ccc(F)cc1)C(=O)CSc1nc2ccccc2c(=O)n1Cc1ccco1. The van der Waals surface area contributed by atoms with Crippen molar-refractivity contribution in [2.45, 2.75) is 18.2 Å². The second kappa shape index (κ2) is 9.18. The van der Waals surface area contributed by atoms with E-state index < -0.39 is 0 Å². The van der Waals surface area contributed by atoms with Gasteiger partial charge in [-0.2, -0.15) is 0 Å². The normalized spacial score (nSPS) is 11.0. The minimum Gasteiger partial charge on any atom is -0.467 e. The van der Waals surface area contributed by atoms with Crippen LogP contribution in [0.2, 0.25) is 0 Å². The Morgan fingerprint density at radius 1 is 1.13 bits per heavy atom. The molecule has 1 amide bonds. The number of nitrogens with zero attached hydrogens (tertiary/aromatic N) is 3. The van der Waals surface area contributed by atoms with Crippen molar-refractivity contribution in [3.8, 4) is 0 Å². The molecule has 0 aliphatic heterocycles. The van der Waals surface area contributed by atoms with Crippen LogP contribution in [0.25, 0.3) is 10.9 Å². The third kappa shape index (κ3) is 4.86. The van der Waals surface area contributed by atoms with Gasteiger partial charge in [0.15, 0.2) is 5.16 Å². The largest absolute Gasteiger partial charge is 0.467 e. The average Bonchev–Trinajstić information content (AvgIpc) is 3.29. The van der Waals surface area contributed by atoms with Crippen molar-refractivity contribution in [2.24, 2.45) is 0 Å². The lowest BCUT2D eigenvalue weighted by Crippen LogP contribution is -2.29. The summed E-state index contributed by atoms with van der Waals surface area (Å²) in [5.74, 6) is 0.299. The van der Waals surface area contributed by atoms with Gasteiger partial charge in [0.25, 0.3) is 5.56 Å². The lowest BCUT2D eigenvalue weighted by atomic mass is 10.2. The van der Waals surface area contributed by atoms with Crippen LogP contribution in [0.5, 0.6) is 0 Å². The topological polar surface area (TPSA) is 68.3 Å². The number of thioether (sulfide) groups is 1. The minimum atomic E-state index is -0.315. The predicted molar refractivity (Wildman–Crippen MR) is 117 cm³/mol. The van der Waals surface area contributed by atoms with Gasteiger partial charge in [0.05, 0.1) is 29.5 Å². The molecule has 2 aromatic carbocycles. The number of amides is 1. The van der Waals surface area contributed by atoms with Gasteiger partial charge < -0.3 is 9.32 Å². The van der Waals surface area contributed by atoms with Crippen LogP contribution in [0.1, 0.15) is 11.3 Å². The minimum absolute atomic E-state index is 0.112. The van der Waals surface area contributed by atoms with Gasteiger partial charge in [-0.05, 0) is 42.0 Å². The predicted octanol–water partition coefficient (Wildman–Crippen LogP) is 3.93. The molecule has 2 aromatic heterocycles. The molecule has 0 saturated heterocycles. The molecule has 0 radical (unpaired) electrons. The molecule has 8 heteroatoms. The molecule has 0 spiro atoms. The lowest BCUT2D eigenvalue weighted by Gasteiger charge is -2.18. The number of fused-ring (bicyclic) bond motifs is 1. The lowest BCUT2D eigenvalue weighted by molar-refractivity contribution is -0.127. The number of furan rings is 1. The Labute approximate surface area is 182 Å². The zero-order valence-corrected chi connectivity index (χ0v) is 17.6. The number of hydrogen-bond donors (Lipinski definition) is 0. The van der Waals surface area contributed by atoms with Gasteiger partial charge in [0, 0.05) is 13.6 Å². The summed E-state index contributed by atoms with van der Waals surface area (Å²) in [6.07, 6.45) is 1.55. The van der Waals surface area contributed by atoms with E-state index in [1.807, 2.05) is 6.07 Å². The van der Waals surface area contributed by atoms with Crippen LogP contribution in [0, 0.1) is 5.82 Å². The zero-order valence-electron chi connectivity index (χ0n) is 16.8. The summed E-state index contributed by atoms with van der Waals surface area (Å²) < 4.78 is 20.0. The fraction of sp³-hybridized carbons (Fsp3) is 0.174. The van der Waals surface area contributed by atoms with E-state index in [4.69, 9.17) is 4.42 Å². The van der Waals surface area contributed by atoms with Crippen LogP contribution in [0.3, 0.4) is 0 Å². The molecule has 0 bridgehead atoms. The molecule has 0 N–H and O–H groups in total. The fourth-order valence-electron chi connectivity index (χ4n) is 3.14. The Morgan fingerprint density at radius 2 is 1.90 bits per heavy atom. The van der Waals surface area contributed by atoms with E-state index >= 15 is 0 Å². The first-order valence-electron chi connectivity index (χ1n) is 9.64. The molecule has 0 unspecified atom stereocenters. The van der Waals surface area contributed by atoms with Gasteiger partial charge in [-0.25, -0.2) is 9.37 Å². The highest BCUT2D eigenvalue weighted by molar-refractivity contribution is 7.99. The molecular weight excluding hydrogens is 417 g/mol. The number of hydrogen-bond acceptors (Lipinski definition) is 5. The second-order valence-electron chi connectivity index (χ2n) is 7.05. The maximum Gasteiger partial charge on any atom is 0.262 e. The highest BCUT2D eigenvalue weighted by atomic mass is 32.2. The van der Waals surface area contributed by atoms with Crippen molar-refractivity contribution < 1.29 is 13.6 Å². The third-order valence-electron chi connectivity index (χ3n) is 4.80. The molecule has 4 rings (SSSR count). The Morgan fingerprint density at radius 3 is 2.65 bits per heavy atom. The number of rotatable bonds is 7. The summed E-state index contributed by atoms with van der Waals surface area (Å²) >= 11 is 1.21. The van der Waals surface area contributed by atoms with Crippen LogP contribution in [0.4, 0.5) is 4.39 Å². The van der Waals surface area contributed by atoms with Crippen molar-refractivity contribution in [2.75, 3.05) is 12.8 Å². The van der Waals surface area contributed by atoms with Crippen molar-refractivity contribution in [3.05, 3.63) is 94.4 Å². The van der Waals surface area contributed by atoms with E-state index in [2.05, 4.69) is 4.98 Å². The molecule has 4 aromatic rings. The first kappa shape index (κ1) is 20.9. The molecule has 0 atom stereocenters. The van der Waals surface area contributed by atoms with Gasteiger partial charge in [-0.15, -0.1) is 0 Å². The van der Waals surface area contributed by atoms with Crippen molar-refractivity contribution in [3.63, 3.8) is 0 Å². The molecule has 6 nitrogen and oxygen atoms in total. The number of para-hydroxylation sites is 1. The molecular formula is C23H20FN3O3S. The zero-order chi connectivity index (χ0) is 21.8.